The maximum absolute atomic E-state index is 3.74. The van der Waals surface area contributed by atoms with Crippen LogP contribution in [0.25, 0.3) is 0 Å². The van der Waals surface area contributed by atoms with Crippen molar-refractivity contribution in [1.82, 2.24) is 0 Å². The van der Waals surface area contributed by atoms with Gasteiger partial charge in [-0.3, -0.25) is 0 Å². The molecule has 0 saturated carbocycles. The average Bonchev–Trinajstić information content (AvgIpc) is 2.47. The second-order valence-corrected chi connectivity index (χ2v) is 6.42. The number of rotatable bonds is 15. The van der Waals surface area contributed by atoms with Crippen LogP contribution < -0.4 is 0 Å². The third kappa shape index (κ3) is 17.9. The number of allylic oxidation sites excluding steroid dienone is 5. The fourth-order valence-corrected chi connectivity index (χ4v) is 2.62. The van der Waals surface area contributed by atoms with Gasteiger partial charge in [0.05, 0.1) is 0 Å². The summed E-state index contributed by atoms with van der Waals surface area (Å²) in [6, 6.07) is 0. The monoisotopic (exact) mass is 388 g/mol. The van der Waals surface area contributed by atoms with Gasteiger partial charge in [-0.25, -0.2) is 0 Å². The molecule has 0 spiro atoms. The Labute approximate surface area is 141 Å². The van der Waals surface area contributed by atoms with E-state index in [1.165, 1.54) is 75.1 Å². The molecule has 0 nitrogen and oxygen atoms in total. The van der Waals surface area contributed by atoms with Crippen molar-refractivity contribution in [3.8, 4) is 0 Å². The van der Waals surface area contributed by atoms with Crippen LogP contribution in [0.3, 0.4) is 0 Å². The van der Waals surface area contributed by atoms with E-state index >= 15 is 0 Å². The highest BCUT2D eigenvalue weighted by atomic mass is 127. The summed E-state index contributed by atoms with van der Waals surface area (Å²) in [4.78, 5) is 0. The molecule has 0 aromatic heterocycles. The maximum Gasteiger partial charge on any atom is -0.000473 e. The SMILES string of the molecule is C=CCCCC/C=C/CCCC/C=C/CCCCCI. The third-order valence-corrected chi connectivity index (χ3v) is 4.12. The van der Waals surface area contributed by atoms with Crippen LogP contribution in [0.2, 0.25) is 0 Å². The normalized spacial score (nSPS) is 11.7. The molecule has 0 aromatic rings. The lowest BCUT2D eigenvalue weighted by atomic mass is 10.1. The van der Waals surface area contributed by atoms with Crippen LogP contribution in [-0.4, -0.2) is 4.43 Å². The smallest absolute Gasteiger partial charge is 0.000473 e. The molecule has 0 atom stereocenters. The topological polar surface area (TPSA) is 0 Å². The lowest BCUT2D eigenvalue weighted by Crippen LogP contribution is -1.77. The van der Waals surface area contributed by atoms with Crippen LogP contribution in [0.5, 0.6) is 0 Å². The zero-order chi connectivity index (χ0) is 14.7. The molecule has 20 heavy (non-hydrogen) atoms. The molecular weight excluding hydrogens is 355 g/mol. The van der Waals surface area contributed by atoms with E-state index in [0.29, 0.717) is 0 Å². The Morgan fingerprint density at radius 3 is 1.35 bits per heavy atom. The van der Waals surface area contributed by atoms with Crippen molar-refractivity contribution >= 4 is 22.6 Å². The van der Waals surface area contributed by atoms with Crippen molar-refractivity contribution in [2.75, 3.05) is 4.43 Å². The Balaban J connectivity index is 3.13. The molecular formula is C19H33I. The molecule has 116 valence electrons. The van der Waals surface area contributed by atoms with Gasteiger partial charge in [0, 0.05) is 0 Å². The molecule has 0 unspecified atom stereocenters. The van der Waals surface area contributed by atoms with E-state index in [0.717, 1.165) is 6.42 Å². The fourth-order valence-electron chi connectivity index (χ4n) is 2.08. The molecule has 0 aromatic carbocycles. The summed E-state index contributed by atoms with van der Waals surface area (Å²) in [5.41, 5.74) is 0. The maximum atomic E-state index is 3.74. The Hall–Kier alpha value is -0.0500. The van der Waals surface area contributed by atoms with Crippen molar-refractivity contribution in [1.29, 1.82) is 0 Å². The summed E-state index contributed by atoms with van der Waals surface area (Å²) in [6.07, 6.45) is 27.1. The van der Waals surface area contributed by atoms with Crippen LogP contribution in [0.4, 0.5) is 0 Å². The number of unbranched alkanes of at least 4 members (excludes halogenated alkanes) is 9. The fraction of sp³-hybridized carbons (Fsp3) is 0.684. The summed E-state index contributed by atoms with van der Waals surface area (Å²) in [5, 5.41) is 0. The van der Waals surface area contributed by atoms with Gasteiger partial charge in [0.1, 0.15) is 0 Å². The minimum Gasteiger partial charge on any atom is -0.103 e. The minimum atomic E-state index is 1.16. The first-order chi connectivity index (χ1) is 9.91. The van der Waals surface area contributed by atoms with Crippen LogP contribution in [0, 0.1) is 0 Å². The highest BCUT2D eigenvalue weighted by Gasteiger charge is 1.87. The van der Waals surface area contributed by atoms with E-state index in [2.05, 4.69) is 53.5 Å². The van der Waals surface area contributed by atoms with Crippen molar-refractivity contribution < 1.29 is 0 Å². The molecule has 0 heterocycles. The van der Waals surface area contributed by atoms with Crippen LogP contribution in [0.15, 0.2) is 37.0 Å². The summed E-state index contributed by atoms with van der Waals surface area (Å²) >= 11 is 2.46. The van der Waals surface area contributed by atoms with Crippen LogP contribution >= 0.6 is 22.6 Å². The standard InChI is InChI=1S/C19H33I/c1-2-3-4-5-6-7-8-9-10-11-12-13-14-15-16-17-18-19-20/h2,7-8,13-14H,1,3-6,9-12,15-19H2/b8-7+,14-13+. The van der Waals surface area contributed by atoms with Crippen molar-refractivity contribution in [2.45, 2.75) is 77.0 Å². The van der Waals surface area contributed by atoms with Gasteiger partial charge in [0.15, 0.2) is 0 Å². The van der Waals surface area contributed by atoms with Crippen molar-refractivity contribution in [3.05, 3.63) is 37.0 Å². The molecule has 0 N–H and O–H groups in total. The van der Waals surface area contributed by atoms with Gasteiger partial charge in [0.25, 0.3) is 0 Å². The van der Waals surface area contributed by atoms with Crippen molar-refractivity contribution in [3.63, 3.8) is 0 Å². The molecule has 0 aliphatic rings. The van der Waals surface area contributed by atoms with E-state index < -0.39 is 0 Å². The predicted molar refractivity (Wildman–Crippen MR) is 103 cm³/mol. The first-order valence-electron chi connectivity index (χ1n) is 8.38. The second kappa shape index (κ2) is 18.9. The average molecular weight is 388 g/mol. The molecule has 0 aliphatic heterocycles. The van der Waals surface area contributed by atoms with Gasteiger partial charge < -0.3 is 0 Å². The largest absolute Gasteiger partial charge is 0.103 e. The van der Waals surface area contributed by atoms with E-state index in [1.807, 2.05) is 6.08 Å². The highest BCUT2D eigenvalue weighted by Crippen LogP contribution is 2.06. The van der Waals surface area contributed by atoms with Gasteiger partial charge >= 0.3 is 0 Å². The van der Waals surface area contributed by atoms with E-state index in [1.54, 1.807) is 0 Å². The molecule has 0 amide bonds. The number of alkyl halides is 1. The number of hydrogen-bond acceptors (Lipinski definition) is 0. The lowest BCUT2D eigenvalue weighted by Gasteiger charge is -1.95. The van der Waals surface area contributed by atoms with Gasteiger partial charge in [-0.05, 0) is 75.1 Å². The summed E-state index contributed by atoms with van der Waals surface area (Å²) < 4.78 is 1.31. The molecule has 0 aliphatic carbocycles. The molecule has 0 radical (unpaired) electrons. The van der Waals surface area contributed by atoms with E-state index in [9.17, 15) is 0 Å². The van der Waals surface area contributed by atoms with Crippen LogP contribution in [-0.2, 0) is 0 Å². The predicted octanol–water partition coefficient (Wildman–Crippen LogP) is 7.40. The van der Waals surface area contributed by atoms with Crippen molar-refractivity contribution in [2.24, 2.45) is 0 Å². The first kappa shape index (κ1) is 19.9. The van der Waals surface area contributed by atoms with Gasteiger partial charge in [-0.1, -0.05) is 59.4 Å². The molecule has 0 bridgehead atoms. The van der Waals surface area contributed by atoms with Gasteiger partial charge in [-0.15, -0.1) is 6.58 Å². The van der Waals surface area contributed by atoms with Gasteiger partial charge in [0.2, 0.25) is 0 Å². The summed E-state index contributed by atoms with van der Waals surface area (Å²) in [5.74, 6) is 0. The Morgan fingerprint density at radius 1 is 0.550 bits per heavy atom. The quantitative estimate of drug-likeness (QED) is 0.119. The minimum absolute atomic E-state index is 1.16. The molecule has 1 heteroatoms. The Kier molecular flexibility index (Phi) is 18.9. The number of hydrogen-bond donors (Lipinski definition) is 0. The second-order valence-electron chi connectivity index (χ2n) is 5.34. The number of halogens is 1. The Morgan fingerprint density at radius 2 is 0.950 bits per heavy atom. The summed E-state index contributed by atoms with van der Waals surface area (Å²) in [6.45, 7) is 3.74. The Bertz CT molecular complexity index is 240. The van der Waals surface area contributed by atoms with Crippen LogP contribution in [0.1, 0.15) is 77.0 Å². The first-order valence-corrected chi connectivity index (χ1v) is 9.91. The molecule has 0 fully saturated rings. The van der Waals surface area contributed by atoms with E-state index in [-0.39, 0.29) is 0 Å². The highest BCUT2D eigenvalue weighted by molar-refractivity contribution is 14.1. The lowest BCUT2D eigenvalue weighted by molar-refractivity contribution is 0.729. The zero-order valence-electron chi connectivity index (χ0n) is 13.2. The summed E-state index contributed by atoms with van der Waals surface area (Å²) in [7, 11) is 0. The van der Waals surface area contributed by atoms with Gasteiger partial charge in [-0.2, -0.15) is 0 Å². The third-order valence-electron chi connectivity index (χ3n) is 3.36. The molecule has 0 rings (SSSR count). The van der Waals surface area contributed by atoms with E-state index in [4.69, 9.17) is 0 Å². The molecule has 0 saturated heterocycles. The zero-order valence-corrected chi connectivity index (χ0v) is 15.3.